The van der Waals surface area contributed by atoms with Crippen molar-refractivity contribution in [3.63, 3.8) is 0 Å². The highest BCUT2D eigenvalue weighted by Gasteiger charge is 2.20. The highest BCUT2D eigenvalue weighted by Crippen LogP contribution is 2.34. The van der Waals surface area contributed by atoms with E-state index in [4.69, 9.17) is 32.7 Å². The number of halogens is 2. The number of methoxy groups -OCH3 is 1. The smallest absolute Gasteiger partial charge is 0.338 e. The van der Waals surface area contributed by atoms with Crippen molar-refractivity contribution in [2.45, 2.75) is 26.4 Å². The SMILES string of the molecule is COc1c(Cl)cc(C(=O)OC(C)(C)C)cc1Cl. The summed E-state index contributed by atoms with van der Waals surface area (Å²) in [4.78, 5) is 11.8. The fourth-order valence-corrected chi connectivity index (χ4v) is 1.85. The molecule has 5 heteroatoms. The summed E-state index contributed by atoms with van der Waals surface area (Å²) in [7, 11) is 1.46. The Morgan fingerprint density at radius 2 is 1.65 bits per heavy atom. The maximum absolute atomic E-state index is 11.8. The summed E-state index contributed by atoms with van der Waals surface area (Å²) in [6.07, 6.45) is 0. The maximum Gasteiger partial charge on any atom is 0.338 e. The van der Waals surface area contributed by atoms with Gasteiger partial charge >= 0.3 is 5.97 Å². The molecule has 94 valence electrons. The van der Waals surface area contributed by atoms with E-state index in [0.717, 1.165) is 0 Å². The normalized spacial score (nSPS) is 11.2. The van der Waals surface area contributed by atoms with Gasteiger partial charge < -0.3 is 9.47 Å². The molecular weight excluding hydrogens is 263 g/mol. The lowest BCUT2D eigenvalue weighted by molar-refractivity contribution is 0.00695. The van der Waals surface area contributed by atoms with Gasteiger partial charge in [-0.05, 0) is 32.9 Å². The molecule has 0 bridgehead atoms. The fourth-order valence-electron chi connectivity index (χ4n) is 1.21. The van der Waals surface area contributed by atoms with E-state index in [1.165, 1.54) is 19.2 Å². The van der Waals surface area contributed by atoms with Gasteiger partial charge in [0.1, 0.15) is 5.60 Å². The zero-order valence-corrected chi connectivity index (χ0v) is 11.6. The van der Waals surface area contributed by atoms with Crippen molar-refractivity contribution < 1.29 is 14.3 Å². The van der Waals surface area contributed by atoms with Crippen molar-refractivity contribution in [2.24, 2.45) is 0 Å². The summed E-state index contributed by atoms with van der Waals surface area (Å²) < 4.78 is 10.2. The first kappa shape index (κ1) is 14.1. The van der Waals surface area contributed by atoms with Crippen molar-refractivity contribution in [3.05, 3.63) is 27.7 Å². The van der Waals surface area contributed by atoms with Crippen molar-refractivity contribution in [2.75, 3.05) is 7.11 Å². The molecule has 0 radical (unpaired) electrons. The third-order valence-electron chi connectivity index (χ3n) is 1.84. The molecule has 0 spiro atoms. The number of hydrogen-bond donors (Lipinski definition) is 0. The van der Waals surface area contributed by atoms with Crippen LogP contribution in [0.25, 0.3) is 0 Å². The summed E-state index contributed by atoms with van der Waals surface area (Å²) in [5, 5.41) is 0.557. The number of carbonyl (C=O) groups is 1. The molecular formula is C12H14Cl2O3. The Morgan fingerprint density at radius 1 is 1.18 bits per heavy atom. The molecule has 0 aliphatic heterocycles. The van der Waals surface area contributed by atoms with Crippen LogP contribution in [0.1, 0.15) is 31.1 Å². The molecule has 17 heavy (non-hydrogen) atoms. The Labute approximate surface area is 111 Å². The van der Waals surface area contributed by atoms with Crippen LogP contribution in [-0.2, 0) is 4.74 Å². The lowest BCUT2D eigenvalue weighted by Gasteiger charge is -2.19. The van der Waals surface area contributed by atoms with Crippen molar-refractivity contribution in [1.82, 2.24) is 0 Å². The van der Waals surface area contributed by atoms with Crippen LogP contribution >= 0.6 is 23.2 Å². The summed E-state index contributed by atoms with van der Waals surface area (Å²) in [6.45, 7) is 5.37. The van der Waals surface area contributed by atoms with E-state index < -0.39 is 11.6 Å². The van der Waals surface area contributed by atoms with Gasteiger partial charge in [0.05, 0.1) is 22.7 Å². The third-order valence-corrected chi connectivity index (χ3v) is 2.40. The van der Waals surface area contributed by atoms with E-state index in [0.29, 0.717) is 11.3 Å². The van der Waals surface area contributed by atoms with Gasteiger partial charge in [-0.25, -0.2) is 4.79 Å². The number of ether oxygens (including phenoxy) is 2. The van der Waals surface area contributed by atoms with Gasteiger partial charge in [0, 0.05) is 0 Å². The van der Waals surface area contributed by atoms with Gasteiger partial charge in [-0.15, -0.1) is 0 Å². The van der Waals surface area contributed by atoms with E-state index in [9.17, 15) is 4.79 Å². The number of carbonyl (C=O) groups excluding carboxylic acids is 1. The van der Waals surface area contributed by atoms with Gasteiger partial charge in [-0.2, -0.15) is 0 Å². The van der Waals surface area contributed by atoms with E-state index in [1.807, 2.05) is 0 Å². The molecule has 0 fully saturated rings. The first-order valence-electron chi connectivity index (χ1n) is 5.01. The Hall–Kier alpha value is -0.930. The quantitative estimate of drug-likeness (QED) is 0.767. The molecule has 0 saturated heterocycles. The molecule has 0 heterocycles. The van der Waals surface area contributed by atoms with Crippen molar-refractivity contribution >= 4 is 29.2 Å². The Morgan fingerprint density at radius 3 is 2.00 bits per heavy atom. The van der Waals surface area contributed by atoms with Crippen LogP contribution in [0.3, 0.4) is 0 Å². The number of benzene rings is 1. The molecule has 3 nitrogen and oxygen atoms in total. The fraction of sp³-hybridized carbons (Fsp3) is 0.417. The van der Waals surface area contributed by atoms with E-state index in [2.05, 4.69) is 0 Å². The minimum atomic E-state index is -0.560. The van der Waals surface area contributed by atoms with Crippen LogP contribution in [0, 0.1) is 0 Å². The molecule has 1 rings (SSSR count). The molecule has 0 amide bonds. The molecule has 0 saturated carbocycles. The molecule has 1 aromatic rings. The lowest BCUT2D eigenvalue weighted by Crippen LogP contribution is -2.23. The second-order valence-electron chi connectivity index (χ2n) is 4.48. The van der Waals surface area contributed by atoms with Gasteiger partial charge in [0.25, 0.3) is 0 Å². The molecule has 0 atom stereocenters. The number of esters is 1. The second-order valence-corrected chi connectivity index (χ2v) is 5.29. The molecule has 0 N–H and O–H groups in total. The molecule has 0 aliphatic rings. The summed E-state index contributed by atoms with van der Waals surface area (Å²) in [6, 6.07) is 2.95. The predicted octanol–water partition coefficient (Wildman–Crippen LogP) is 3.96. The third kappa shape index (κ3) is 3.79. The van der Waals surface area contributed by atoms with Crippen LogP contribution < -0.4 is 4.74 Å². The average molecular weight is 277 g/mol. The number of hydrogen-bond acceptors (Lipinski definition) is 3. The van der Waals surface area contributed by atoms with Gasteiger partial charge in [0.2, 0.25) is 0 Å². The van der Waals surface area contributed by atoms with E-state index >= 15 is 0 Å². The number of rotatable bonds is 2. The van der Waals surface area contributed by atoms with Crippen LogP contribution in [-0.4, -0.2) is 18.7 Å². The minimum Gasteiger partial charge on any atom is -0.494 e. The molecule has 0 aromatic heterocycles. The zero-order chi connectivity index (χ0) is 13.2. The van der Waals surface area contributed by atoms with E-state index in [1.54, 1.807) is 20.8 Å². The van der Waals surface area contributed by atoms with E-state index in [-0.39, 0.29) is 10.0 Å². The molecule has 1 aromatic carbocycles. The monoisotopic (exact) mass is 276 g/mol. The van der Waals surface area contributed by atoms with Crippen LogP contribution in [0.2, 0.25) is 10.0 Å². The first-order chi connectivity index (χ1) is 7.74. The summed E-state index contributed by atoms with van der Waals surface area (Å²) in [5.41, 5.74) is -0.258. The van der Waals surface area contributed by atoms with Crippen molar-refractivity contribution in [3.8, 4) is 5.75 Å². The van der Waals surface area contributed by atoms with Crippen LogP contribution in [0.5, 0.6) is 5.75 Å². The van der Waals surface area contributed by atoms with Crippen LogP contribution in [0.4, 0.5) is 0 Å². The predicted molar refractivity (Wildman–Crippen MR) is 68.2 cm³/mol. The van der Waals surface area contributed by atoms with Crippen molar-refractivity contribution in [1.29, 1.82) is 0 Å². The Balaban J connectivity index is 3.05. The average Bonchev–Trinajstić information content (AvgIpc) is 2.14. The topological polar surface area (TPSA) is 35.5 Å². The Bertz CT molecular complexity index is 413. The highest BCUT2D eigenvalue weighted by molar-refractivity contribution is 6.37. The second kappa shape index (κ2) is 5.15. The first-order valence-corrected chi connectivity index (χ1v) is 5.76. The molecule has 0 aliphatic carbocycles. The zero-order valence-electron chi connectivity index (χ0n) is 10.1. The molecule has 0 unspecified atom stereocenters. The maximum atomic E-state index is 11.8. The standard InChI is InChI=1S/C12H14Cl2O3/c1-12(2,3)17-11(15)7-5-8(13)10(16-4)9(14)6-7/h5-6H,1-4H3. The van der Waals surface area contributed by atoms with Gasteiger partial charge in [-0.1, -0.05) is 23.2 Å². The highest BCUT2D eigenvalue weighted by atomic mass is 35.5. The Kier molecular flexibility index (Phi) is 4.28. The summed E-state index contributed by atoms with van der Waals surface area (Å²) in [5.74, 6) is -0.121. The van der Waals surface area contributed by atoms with Crippen LogP contribution in [0.15, 0.2) is 12.1 Å². The van der Waals surface area contributed by atoms with Gasteiger partial charge in [0.15, 0.2) is 5.75 Å². The van der Waals surface area contributed by atoms with Gasteiger partial charge in [-0.3, -0.25) is 0 Å². The summed E-state index contributed by atoms with van der Waals surface area (Å²) >= 11 is 11.9. The largest absolute Gasteiger partial charge is 0.494 e. The lowest BCUT2D eigenvalue weighted by atomic mass is 10.1. The minimum absolute atomic E-state index is 0.279.